The molecule has 2 heteroatoms. The molecule has 2 nitrogen and oxygen atoms in total. The van der Waals surface area contributed by atoms with Gasteiger partial charge in [0.2, 0.25) is 0 Å². The largest absolute Gasteiger partial charge is 0.391 e. The smallest absolute Gasteiger partial charge is 0.0179 e. The second kappa shape index (κ2) is 20.6. The Morgan fingerprint density at radius 3 is 1.95 bits per heavy atom. The van der Waals surface area contributed by atoms with Gasteiger partial charge in [0.1, 0.15) is 0 Å². The molecule has 0 aromatic rings. The van der Waals surface area contributed by atoms with Crippen LogP contribution in [0, 0.1) is 5.92 Å². The summed E-state index contributed by atoms with van der Waals surface area (Å²) in [5.74, 6) is 0.733. The molecule has 0 rings (SSSR count). The van der Waals surface area contributed by atoms with Gasteiger partial charge in [-0.3, -0.25) is 0 Å². The highest BCUT2D eigenvalue weighted by Gasteiger charge is 1.92. The van der Waals surface area contributed by atoms with Crippen molar-refractivity contribution in [3.63, 3.8) is 0 Å². The zero-order valence-electron chi connectivity index (χ0n) is 15.6. The van der Waals surface area contributed by atoms with Crippen LogP contribution in [-0.2, 0) is 0 Å². The summed E-state index contributed by atoms with van der Waals surface area (Å²) in [7, 11) is 0. The van der Waals surface area contributed by atoms with Crippen molar-refractivity contribution >= 4 is 0 Å². The lowest BCUT2D eigenvalue weighted by Crippen LogP contribution is -2.22. The third-order valence-corrected chi connectivity index (χ3v) is 2.28. The van der Waals surface area contributed by atoms with Crippen LogP contribution >= 0.6 is 0 Å². The molecule has 0 aliphatic rings. The molecule has 0 aliphatic heterocycles. The van der Waals surface area contributed by atoms with Crippen LogP contribution in [0.5, 0.6) is 0 Å². The molecular weight excluding hydrogens is 244 g/mol. The predicted molar refractivity (Wildman–Crippen MR) is 96.2 cm³/mol. The Balaban J connectivity index is -0.000000346. The minimum absolute atomic E-state index is 0.733. The monoisotopic (exact) mass is 284 g/mol. The summed E-state index contributed by atoms with van der Waals surface area (Å²) in [5, 5.41) is 6.67. The number of hydrogen-bond donors (Lipinski definition) is 2. The van der Waals surface area contributed by atoms with Gasteiger partial charge in [0.25, 0.3) is 0 Å². The zero-order valence-corrected chi connectivity index (χ0v) is 15.6. The first-order valence-electron chi connectivity index (χ1n) is 8.13. The van der Waals surface area contributed by atoms with Crippen molar-refractivity contribution in [3.8, 4) is 0 Å². The summed E-state index contributed by atoms with van der Waals surface area (Å²) in [6.45, 7) is 22.1. The summed E-state index contributed by atoms with van der Waals surface area (Å²) in [6.07, 6.45) is 5.38. The van der Waals surface area contributed by atoms with E-state index in [1.54, 1.807) is 0 Å². The molecule has 0 bridgehead atoms. The second-order valence-corrected chi connectivity index (χ2v) is 5.34. The first-order chi connectivity index (χ1) is 9.43. The van der Waals surface area contributed by atoms with Crippen LogP contribution in [0.4, 0.5) is 0 Å². The first kappa shape index (κ1) is 24.3. The SMILES string of the molecule is CC.CC=C(C)C.CCCN/C=C(\C)CNCC(C)C. The Labute approximate surface area is 129 Å². The Morgan fingerprint density at radius 1 is 1.10 bits per heavy atom. The van der Waals surface area contributed by atoms with Crippen LogP contribution in [0.15, 0.2) is 23.4 Å². The summed E-state index contributed by atoms with van der Waals surface area (Å²) >= 11 is 0. The highest BCUT2D eigenvalue weighted by Crippen LogP contribution is 1.90. The molecule has 0 aromatic heterocycles. The van der Waals surface area contributed by atoms with Gasteiger partial charge in [-0.05, 0) is 58.4 Å². The van der Waals surface area contributed by atoms with Gasteiger partial charge >= 0.3 is 0 Å². The van der Waals surface area contributed by atoms with Crippen LogP contribution in [-0.4, -0.2) is 19.6 Å². The van der Waals surface area contributed by atoms with Gasteiger partial charge < -0.3 is 10.6 Å². The predicted octanol–water partition coefficient (Wildman–Crippen LogP) is 5.13. The topological polar surface area (TPSA) is 24.1 Å². The molecule has 0 atom stereocenters. The van der Waals surface area contributed by atoms with E-state index in [0.29, 0.717) is 0 Å². The number of allylic oxidation sites excluding steroid dienone is 2. The molecule has 0 heterocycles. The van der Waals surface area contributed by atoms with E-state index in [0.717, 1.165) is 25.6 Å². The van der Waals surface area contributed by atoms with Crippen LogP contribution < -0.4 is 10.6 Å². The number of rotatable bonds is 7. The van der Waals surface area contributed by atoms with Gasteiger partial charge in [-0.25, -0.2) is 0 Å². The van der Waals surface area contributed by atoms with Crippen LogP contribution in [0.3, 0.4) is 0 Å². The summed E-state index contributed by atoms with van der Waals surface area (Å²) in [4.78, 5) is 0. The van der Waals surface area contributed by atoms with E-state index < -0.39 is 0 Å². The molecule has 0 fully saturated rings. The molecule has 20 heavy (non-hydrogen) atoms. The van der Waals surface area contributed by atoms with E-state index in [-0.39, 0.29) is 0 Å². The van der Waals surface area contributed by atoms with Crippen molar-refractivity contribution in [2.75, 3.05) is 19.6 Å². The van der Waals surface area contributed by atoms with E-state index in [1.807, 2.05) is 20.8 Å². The minimum atomic E-state index is 0.733. The van der Waals surface area contributed by atoms with Crippen molar-refractivity contribution in [2.45, 2.75) is 68.7 Å². The highest BCUT2D eigenvalue weighted by molar-refractivity contribution is 4.98. The molecule has 122 valence electrons. The molecular formula is C18H40N2. The van der Waals surface area contributed by atoms with E-state index in [9.17, 15) is 0 Å². The average Bonchev–Trinajstić information content (AvgIpc) is 2.41. The maximum Gasteiger partial charge on any atom is 0.0179 e. The van der Waals surface area contributed by atoms with Crippen molar-refractivity contribution in [1.82, 2.24) is 10.6 Å². The molecule has 0 saturated carbocycles. The van der Waals surface area contributed by atoms with Gasteiger partial charge in [0.05, 0.1) is 0 Å². The third kappa shape index (κ3) is 30.3. The molecule has 0 amide bonds. The summed E-state index contributed by atoms with van der Waals surface area (Å²) < 4.78 is 0. The van der Waals surface area contributed by atoms with E-state index >= 15 is 0 Å². The van der Waals surface area contributed by atoms with E-state index in [2.05, 4.69) is 64.5 Å². The lowest BCUT2D eigenvalue weighted by atomic mass is 10.2. The normalized spacial score (nSPS) is 10.0. The highest BCUT2D eigenvalue weighted by atomic mass is 14.9. The summed E-state index contributed by atoms with van der Waals surface area (Å²) in [6, 6.07) is 0. The van der Waals surface area contributed by atoms with Gasteiger partial charge in [-0.2, -0.15) is 0 Å². The van der Waals surface area contributed by atoms with E-state index in [1.165, 1.54) is 17.6 Å². The Hall–Kier alpha value is -0.760. The number of hydrogen-bond acceptors (Lipinski definition) is 2. The standard InChI is InChI=1S/C11H24N2.C5H10.C2H6/c1-5-6-12-8-11(4)9-13-7-10(2)3;1-4-5(2)3;1-2/h8,10,12-13H,5-7,9H2,1-4H3;4H,1-3H3;1-2H3/b11-8+;;. The van der Waals surface area contributed by atoms with Gasteiger partial charge in [0.15, 0.2) is 0 Å². The molecule has 0 radical (unpaired) electrons. The quantitative estimate of drug-likeness (QED) is 0.500. The Bertz CT molecular complexity index is 224. The second-order valence-electron chi connectivity index (χ2n) is 5.34. The maximum atomic E-state index is 3.40. The van der Waals surface area contributed by atoms with Gasteiger partial charge in [-0.15, -0.1) is 0 Å². The lowest BCUT2D eigenvalue weighted by molar-refractivity contribution is 0.570. The number of nitrogens with one attached hydrogen (secondary N) is 2. The maximum absolute atomic E-state index is 3.40. The van der Waals surface area contributed by atoms with Crippen LogP contribution in [0.2, 0.25) is 0 Å². The summed E-state index contributed by atoms with van der Waals surface area (Å²) in [5.41, 5.74) is 2.75. The average molecular weight is 285 g/mol. The molecule has 0 aliphatic carbocycles. The Morgan fingerprint density at radius 2 is 1.60 bits per heavy atom. The Kier molecular flexibility index (Phi) is 24.9. The van der Waals surface area contributed by atoms with Gasteiger partial charge in [0, 0.05) is 13.1 Å². The minimum Gasteiger partial charge on any atom is -0.391 e. The van der Waals surface area contributed by atoms with Crippen molar-refractivity contribution in [3.05, 3.63) is 23.4 Å². The lowest BCUT2D eigenvalue weighted by Gasteiger charge is -2.07. The fourth-order valence-electron chi connectivity index (χ4n) is 1.000. The van der Waals surface area contributed by atoms with Crippen LogP contribution in [0.1, 0.15) is 68.7 Å². The fraction of sp³-hybridized carbons (Fsp3) is 0.778. The van der Waals surface area contributed by atoms with Crippen molar-refractivity contribution in [1.29, 1.82) is 0 Å². The molecule has 0 saturated heterocycles. The van der Waals surface area contributed by atoms with Crippen LogP contribution in [0.25, 0.3) is 0 Å². The first-order valence-corrected chi connectivity index (χ1v) is 8.13. The van der Waals surface area contributed by atoms with Crippen molar-refractivity contribution < 1.29 is 0 Å². The molecule has 0 aromatic carbocycles. The third-order valence-electron chi connectivity index (χ3n) is 2.28. The van der Waals surface area contributed by atoms with Crippen molar-refractivity contribution in [2.24, 2.45) is 5.92 Å². The molecule has 0 spiro atoms. The zero-order chi connectivity index (χ0) is 16.4. The molecule has 2 N–H and O–H groups in total. The van der Waals surface area contributed by atoms with Gasteiger partial charge in [-0.1, -0.05) is 46.3 Å². The molecule has 0 unspecified atom stereocenters. The fourth-order valence-corrected chi connectivity index (χ4v) is 1.000. The van der Waals surface area contributed by atoms with E-state index in [4.69, 9.17) is 0 Å².